The van der Waals surface area contributed by atoms with Gasteiger partial charge in [-0.05, 0) is 11.3 Å². The minimum Gasteiger partial charge on any atom is -0.369 e. The highest BCUT2D eigenvalue weighted by Gasteiger charge is 2.16. The second-order valence-corrected chi connectivity index (χ2v) is 2.61. The summed E-state index contributed by atoms with van der Waals surface area (Å²) in [5.41, 5.74) is 0.845. The van der Waals surface area contributed by atoms with Crippen LogP contribution in [0.5, 0.6) is 0 Å². The fraction of sp³-hybridized carbons (Fsp3) is 0.571. The minimum absolute atomic E-state index is 0.0363. The molecule has 0 aliphatic carbocycles. The summed E-state index contributed by atoms with van der Waals surface area (Å²) >= 11 is 0. The maximum absolute atomic E-state index is 5.47. The first kappa shape index (κ1) is 7.57. The monoisotopic (exact) mass is 166 g/mol. The Morgan fingerprint density at radius 1 is 1.58 bits per heavy atom. The molecule has 5 nitrogen and oxygen atoms in total. The molecule has 12 heavy (non-hydrogen) atoms. The number of hydrogen-bond donors (Lipinski definition) is 1. The fourth-order valence-corrected chi connectivity index (χ4v) is 1.18. The quantitative estimate of drug-likeness (QED) is 0.611. The molecule has 5 heteroatoms. The molecule has 2 rings (SSSR count). The number of ether oxygens (including phenoxy) is 1. The van der Waals surface area contributed by atoms with Crippen LogP contribution in [0.25, 0.3) is 0 Å². The van der Waals surface area contributed by atoms with Gasteiger partial charge in [-0.15, -0.1) is 10.2 Å². The van der Waals surface area contributed by atoms with Crippen molar-refractivity contribution in [3.8, 4) is 0 Å². The Bertz CT molecular complexity index is 234. The van der Waals surface area contributed by atoms with Gasteiger partial charge in [0.2, 0.25) is 0 Å². The van der Waals surface area contributed by atoms with Crippen LogP contribution >= 0.6 is 0 Å². The third-order valence-electron chi connectivity index (χ3n) is 1.78. The van der Waals surface area contributed by atoms with Gasteiger partial charge in [-0.25, -0.2) is 0 Å². The molecule has 1 unspecified atom stereocenters. The molecule has 0 spiro atoms. The van der Waals surface area contributed by atoms with Crippen molar-refractivity contribution in [3.05, 3.63) is 18.0 Å². The van der Waals surface area contributed by atoms with Crippen LogP contribution in [0.4, 0.5) is 0 Å². The summed E-state index contributed by atoms with van der Waals surface area (Å²) in [7, 11) is 0. The molecule has 0 aromatic carbocycles. The number of nitrogens with zero attached hydrogens (tertiary/aromatic N) is 3. The lowest BCUT2D eigenvalue weighted by Gasteiger charge is -2.22. The molecule has 1 N–H and O–H groups in total. The molecule has 1 aromatic rings. The topological polar surface area (TPSA) is 59.9 Å². The maximum atomic E-state index is 5.47. The molecule has 1 saturated heterocycles. The average molecular weight is 166 g/mol. The normalized spacial score (nSPS) is 23.8. The van der Waals surface area contributed by atoms with E-state index in [9.17, 15) is 0 Å². The molecule has 1 aliphatic heterocycles. The first-order valence-corrected chi connectivity index (χ1v) is 3.93. The van der Waals surface area contributed by atoms with Gasteiger partial charge in [-0.3, -0.25) is 0 Å². The minimum atomic E-state index is 0.0363. The van der Waals surface area contributed by atoms with Crippen molar-refractivity contribution in [3.63, 3.8) is 0 Å². The molecule has 1 aliphatic rings. The Hall–Kier alpha value is -1.07. The van der Waals surface area contributed by atoms with Crippen LogP contribution in [0, 0.1) is 0 Å². The summed E-state index contributed by atoms with van der Waals surface area (Å²) in [6, 6.07) is 1.82. The second-order valence-electron chi connectivity index (χ2n) is 2.61. The first-order chi connectivity index (χ1) is 5.97. The third kappa shape index (κ3) is 1.57. The highest BCUT2D eigenvalue weighted by molar-refractivity contribution is 5.01. The summed E-state index contributed by atoms with van der Waals surface area (Å²) in [5.74, 6) is 0. The zero-order chi connectivity index (χ0) is 8.23. The van der Waals surface area contributed by atoms with Gasteiger partial charge in [0.25, 0.3) is 0 Å². The maximum Gasteiger partial charge on any atom is 0.114 e. The van der Waals surface area contributed by atoms with E-state index in [2.05, 4.69) is 20.7 Å². The van der Waals surface area contributed by atoms with Gasteiger partial charge in [0.15, 0.2) is 0 Å². The van der Waals surface area contributed by atoms with Crippen LogP contribution in [0.1, 0.15) is 11.8 Å². The van der Waals surface area contributed by atoms with E-state index in [4.69, 9.17) is 4.74 Å². The molecule has 0 radical (unpaired) electrons. The number of rotatable bonds is 1. The number of aromatic nitrogens is 3. The number of morpholine rings is 1. The zero-order valence-corrected chi connectivity index (χ0v) is 6.60. The Morgan fingerprint density at radius 3 is 3.25 bits per heavy atom. The number of hydrogen-bond acceptors (Lipinski definition) is 5. The van der Waals surface area contributed by atoms with Crippen LogP contribution in [-0.2, 0) is 4.74 Å². The van der Waals surface area contributed by atoms with Crippen LogP contribution in [0.2, 0.25) is 0 Å². The Morgan fingerprint density at radius 2 is 2.58 bits per heavy atom. The highest BCUT2D eigenvalue weighted by Crippen LogP contribution is 2.13. The van der Waals surface area contributed by atoms with Crippen LogP contribution in [-0.4, -0.2) is 35.1 Å². The van der Waals surface area contributed by atoms with Crippen molar-refractivity contribution >= 4 is 0 Å². The van der Waals surface area contributed by atoms with Crippen molar-refractivity contribution in [1.82, 2.24) is 20.7 Å². The lowest BCUT2D eigenvalue weighted by atomic mass is 10.2. The lowest BCUT2D eigenvalue weighted by molar-refractivity contribution is 0.0243. The van der Waals surface area contributed by atoms with E-state index in [1.165, 1.54) is 0 Å². The van der Waals surface area contributed by atoms with Crippen LogP contribution < -0.4 is 5.32 Å². The van der Waals surface area contributed by atoms with E-state index in [0.717, 1.165) is 25.4 Å². The Balaban J connectivity index is 2.08. The van der Waals surface area contributed by atoms with E-state index in [-0.39, 0.29) is 6.10 Å². The summed E-state index contributed by atoms with van der Waals surface area (Å²) in [5, 5.41) is 14.3. The van der Waals surface area contributed by atoms with Gasteiger partial charge in [-0.2, -0.15) is 0 Å². The predicted molar refractivity (Wildman–Crippen MR) is 41.4 cm³/mol. The third-order valence-corrected chi connectivity index (χ3v) is 1.78. The van der Waals surface area contributed by atoms with Gasteiger partial charge in [0.1, 0.15) is 6.10 Å². The van der Waals surface area contributed by atoms with Crippen LogP contribution in [0.3, 0.4) is 0 Å². The molecule has 2 heterocycles. The van der Waals surface area contributed by atoms with Gasteiger partial charge in [0.05, 0.1) is 18.5 Å². The first-order valence-electron chi connectivity index (χ1n) is 3.93. The molecular formula is C7H10N4O. The predicted octanol–water partition coefficient (Wildman–Crippen LogP) is -0.468. The van der Waals surface area contributed by atoms with Crippen molar-refractivity contribution in [1.29, 1.82) is 0 Å². The van der Waals surface area contributed by atoms with E-state index in [1.54, 1.807) is 6.20 Å². The summed E-state index contributed by atoms with van der Waals surface area (Å²) < 4.78 is 5.47. The van der Waals surface area contributed by atoms with Crippen molar-refractivity contribution in [2.45, 2.75) is 6.10 Å². The van der Waals surface area contributed by atoms with E-state index in [0.29, 0.717) is 0 Å². The fourth-order valence-electron chi connectivity index (χ4n) is 1.18. The van der Waals surface area contributed by atoms with E-state index in [1.807, 2.05) is 6.07 Å². The Kier molecular flexibility index (Phi) is 2.24. The van der Waals surface area contributed by atoms with Gasteiger partial charge in [0, 0.05) is 13.1 Å². The molecule has 1 fully saturated rings. The number of nitrogens with one attached hydrogen (secondary N) is 1. The van der Waals surface area contributed by atoms with Crippen molar-refractivity contribution in [2.24, 2.45) is 0 Å². The summed E-state index contributed by atoms with van der Waals surface area (Å²) in [4.78, 5) is 0. The molecule has 0 saturated carbocycles. The summed E-state index contributed by atoms with van der Waals surface area (Å²) in [6.45, 7) is 2.45. The Labute approximate surface area is 70.1 Å². The lowest BCUT2D eigenvalue weighted by Crippen LogP contribution is -2.33. The SMILES string of the molecule is c1cc(C2CNCCO2)nnn1. The smallest absolute Gasteiger partial charge is 0.114 e. The average Bonchev–Trinajstić information content (AvgIpc) is 2.21. The molecule has 1 atom stereocenters. The highest BCUT2D eigenvalue weighted by atomic mass is 16.5. The summed E-state index contributed by atoms with van der Waals surface area (Å²) in [6.07, 6.45) is 1.66. The molecule has 1 aromatic heterocycles. The van der Waals surface area contributed by atoms with E-state index < -0.39 is 0 Å². The van der Waals surface area contributed by atoms with Crippen molar-refractivity contribution in [2.75, 3.05) is 19.7 Å². The van der Waals surface area contributed by atoms with Gasteiger partial charge in [-0.1, -0.05) is 0 Å². The molecular weight excluding hydrogens is 156 g/mol. The molecule has 64 valence electrons. The van der Waals surface area contributed by atoms with Gasteiger partial charge >= 0.3 is 0 Å². The largest absolute Gasteiger partial charge is 0.369 e. The second kappa shape index (κ2) is 3.55. The van der Waals surface area contributed by atoms with Gasteiger partial charge < -0.3 is 10.1 Å². The standard InChI is InChI=1S/C7H10N4O/c1-2-9-11-10-6(1)7-5-8-3-4-12-7/h1-2,7-8H,3-5H2. The zero-order valence-electron chi connectivity index (χ0n) is 6.60. The molecule has 0 bridgehead atoms. The molecule has 0 amide bonds. The van der Waals surface area contributed by atoms with Crippen LogP contribution in [0.15, 0.2) is 12.3 Å². The van der Waals surface area contributed by atoms with Crippen molar-refractivity contribution < 1.29 is 4.74 Å². The van der Waals surface area contributed by atoms with E-state index >= 15 is 0 Å².